The molecule has 7 nitrogen and oxygen atoms in total. The van der Waals surface area contributed by atoms with Crippen LogP contribution < -0.4 is 10.6 Å². The van der Waals surface area contributed by atoms with E-state index < -0.39 is 5.91 Å². The maximum absolute atomic E-state index is 12.4. The van der Waals surface area contributed by atoms with Crippen LogP contribution in [0.3, 0.4) is 0 Å². The first-order chi connectivity index (χ1) is 13.8. The molecule has 1 aromatic carbocycles. The Labute approximate surface area is 182 Å². The molecule has 2 heterocycles. The van der Waals surface area contributed by atoms with Crippen LogP contribution in [0, 0.1) is 12.8 Å². The number of aryl methyl sites for hydroxylation is 1. The fourth-order valence-electron chi connectivity index (χ4n) is 3.05. The van der Waals surface area contributed by atoms with Crippen LogP contribution in [0.25, 0.3) is 0 Å². The molecule has 0 atom stereocenters. The molecule has 10 heteroatoms. The van der Waals surface area contributed by atoms with Gasteiger partial charge in [0.2, 0.25) is 11.8 Å². The van der Waals surface area contributed by atoms with Gasteiger partial charge in [0.1, 0.15) is 0 Å². The highest BCUT2D eigenvalue weighted by molar-refractivity contribution is 7.13. The Kier molecular flexibility index (Phi) is 7.10. The number of anilines is 1. The van der Waals surface area contributed by atoms with Gasteiger partial charge in [0.15, 0.2) is 5.13 Å². The van der Waals surface area contributed by atoms with Gasteiger partial charge in [-0.15, -0.1) is 11.3 Å². The van der Waals surface area contributed by atoms with Crippen LogP contribution in [0.15, 0.2) is 23.6 Å². The summed E-state index contributed by atoms with van der Waals surface area (Å²) in [4.78, 5) is 42.8. The van der Waals surface area contributed by atoms with Gasteiger partial charge < -0.3 is 15.5 Å². The summed E-state index contributed by atoms with van der Waals surface area (Å²) in [6.45, 7) is 2.67. The average Bonchev–Trinajstić information content (AvgIpc) is 3.10. The minimum absolute atomic E-state index is 0.0721. The first-order valence-electron chi connectivity index (χ1n) is 9.07. The summed E-state index contributed by atoms with van der Waals surface area (Å²) in [7, 11) is 0. The van der Waals surface area contributed by atoms with E-state index in [9.17, 15) is 14.4 Å². The van der Waals surface area contributed by atoms with Crippen LogP contribution in [0.4, 0.5) is 5.13 Å². The number of nitrogens with zero attached hydrogens (tertiary/aromatic N) is 2. The van der Waals surface area contributed by atoms with E-state index in [0.717, 1.165) is 5.69 Å². The van der Waals surface area contributed by atoms with Gasteiger partial charge in [-0.05, 0) is 38.0 Å². The van der Waals surface area contributed by atoms with Gasteiger partial charge in [-0.2, -0.15) is 0 Å². The van der Waals surface area contributed by atoms with Crippen molar-refractivity contribution in [2.75, 3.05) is 25.0 Å². The lowest BCUT2D eigenvalue weighted by Gasteiger charge is -2.31. The minimum Gasteiger partial charge on any atom is -0.343 e. The standard InChI is InChI=1S/C19H20Cl2N4O3S/c1-11-10-29-19(23-11)24-17(27)12-4-6-25(7-5-12)16(26)9-22-18(28)14-3-2-13(20)8-15(14)21/h2-3,8,10,12H,4-7,9H2,1H3,(H,22,28)(H,23,24,27). The molecule has 1 fully saturated rings. The number of aromatic nitrogens is 1. The Morgan fingerprint density at radius 3 is 2.59 bits per heavy atom. The summed E-state index contributed by atoms with van der Waals surface area (Å²) in [5.41, 5.74) is 1.13. The van der Waals surface area contributed by atoms with Crippen molar-refractivity contribution in [3.05, 3.63) is 44.9 Å². The maximum Gasteiger partial charge on any atom is 0.253 e. The Morgan fingerprint density at radius 2 is 1.97 bits per heavy atom. The number of benzene rings is 1. The van der Waals surface area contributed by atoms with E-state index in [1.807, 2.05) is 12.3 Å². The summed E-state index contributed by atoms with van der Waals surface area (Å²) in [6, 6.07) is 4.55. The van der Waals surface area contributed by atoms with Crippen LogP contribution in [0.1, 0.15) is 28.9 Å². The summed E-state index contributed by atoms with van der Waals surface area (Å²) in [5.74, 6) is -0.867. The molecular formula is C19H20Cl2N4O3S. The fourth-order valence-corrected chi connectivity index (χ4v) is 4.23. The van der Waals surface area contributed by atoms with Crippen molar-refractivity contribution in [3.8, 4) is 0 Å². The van der Waals surface area contributed by atoms with Crippen LogP contribution in [-0.2, 0) is 9.59 Å². The van der Waals surface area contributed by atoms with Gasteiger partial charge >= 0.3 is 0 Å². The van der Waals surface area contributed by atoms with Crippen LogP contribution >= 0.6 is 34.5 Å². The van der Waals surface area contributed by atoms with E-state index in [1.165, 1.54) is 23.5 Å². The van der Waals surface area contributed by atoms with Gasteiger partial charge in [0.25, 0.3) is 5.91 Å². The predicted octanol–water partition coefficient (Wildman–Crippen LogP) is 3.37. The van der Waals surface area contributed by atoms with E-state index >= 15 is 0 Å². The number of thiazole rings is 1. The maximum atomic E-state index is 12.4. The molecule has 2 N–H and O–H groups in total. The number of halogens is 2. The smallest absolute Gasteiger partial charge is 0.253 e. The van der Waals surface area contributed by atoms with E-state index in [0.29, 0.717) is 36.1 Å². The molecule has 0 spiro atoms. The highest BCUT2D eigenvalue weighted by Gasteiger charge is 2.28. The number of carbonyl (C=O) groups is 3. The number of piperidine rings is 1. The third-order valence-electron chi connectivity index (χ3n) is 4.64. The Balaban J connectivity index is 1.44. The van der Waals surface area contributed by atoms with Gasteiger partial charge in [-0.3, -0.25) is 14.4 Å². The second kappa shape index (κ2) is 9.56. The molecule has 0 bridgehead atoms. The lowest BCUT2D eigenvalue weighted by molar-refractivity contribution is -0.133. The van der Waals surface area contributed by atoms with Crippen LogP contribution in [0.2, 0.25) is 10.0 Å². The van der Waals surface area contributed by atoms with Crippen molar-refractivity contribution in [1.82, 2.24) is 15.2 Å². The highest BCUT2D eigenvalue weighted by Crippen LogP contribution is 2.22. The molecule has 1 aromatic heterocycles. The Hall–Kier alpha value is -2.16. The van der Waals surface area contributed by atoms with Crippen molar-refractivity contribution in [2.24, 2.45) is 5.92 Å². The first-order valence-corrected chi connectivity index (χ1v) is 10.7. The molecule has 0 aliphatic carbocycles. The zero-order valence-corrected chi connectivity index (χ0v) is 18.0. The molecule has 0 unspecified atom stereocenters. The number of rotatable bonds is 5. The number of amides is 3. The number of nitrogens with one attached hydrogen (secondary N) is 2. The lowest BCUT2D eigenvalue weighted by Crippen LogP contribution is -2.45. The molecule has 3 amide bonds. The largest absolute Gasteiger partial charge is 0.343 e. The van der Waals surface area contributed by atoms with E-state index in [1.54, 1.807) is 11.0 Å². The summed E-state index contributed by atoms with van der Waals surface area (Å²) in [6.07, 6.45) is 1.14. The number of likely N-dealkylation sites (tertiary alicyclic amines) is 1. The highest BCUT2D eigenvalue weighted by atomic mass is 35.5. The van der Waals surface area contributed by atoms with Gasteiger partial charge in [0.05, 0.1) is 22.8 Å². The third-order valence-corrected chi connectivity index (χ3v) is 6.07. The Bertz CT molecular complexity index is 926. The van der Waals surface area contributed by atoms with E-state index in [-0.39, 0.29) is 34.9 Å². The zero-order chi connectivity index (χ0) is 21.0. The molecule has 1 saturated heterocycles. The normalized spacial score (nSPS) is 14.5. The lowest BCUT2D eigenvalue weighted by atomic mass is 9.96. The third kappa shape index (κ3) is 5.68. The average molecular weight is 455 g/mol. The van der Waals surface area contributed by atoms with Crippen molar-refractivity contribution in [3.63, 3.8) is 0 Å². The molecular weight excluding hydrogens is 435 g/mol. The first kappa shape index (κ1) is 21.5. The van der Waals surface area contributed by atoms with Crippen molar-refractivity contribution < 1.29 is 14.4 Å². The minimum atomic E-state index is -0.437. The SMILES string of the molecule is Cc1csc(NC(=O)C2CCN(C(=O)CNC(=O)c3ccc(Cl)cc3Cl)CC2)n1. The predicted molar refractivity (Wildman–Crippen MR) is 114 cm³/mol. The van der Waals surface area contributed by atoms with Crippen molar-refractivity contribution in [1.29, 1.82) is 0 Å². The molecule has 154 valence electrons. The number of carbonyl (C=O) groups excluding carboxylic acids is 3. The van der Waals surface area contributed by atoms with E-state index in [2.05, 4.69) is 15.6 Å². The number of hydrogen-bond donors (Lipinski definition) is 2. The second-order valence-electron chi connectivity index (χ2n) is 6.75. The second-order valence-corrected chi connectivity index (χ2v) is 8.45. The summed E-state index contributed by atoms with van der Waals surface area (Å²) >= 11 is 13.2. The molecule has 1 aliphatic heterocycles. The molecule has 2 aromatic rings. The molecule has 0 saturated carbocycles. The quantitative estimate of drug-likeness (QED) is 0.724. The van der Waals surface area contributed by atoms with Gasteiger partial charge in [-0.25, -0.2) is 4.98 Å². The fraction of sp³-hybridized carbons (Fsp3) is 0.368. The number of hydrogen-bond acceptors (Lipinski definition) is 5. The molecule has 1 aliphatic rings. The van der Waals surface area contributed by atoms with Gasteiger partial charge in [0, 0.05) is 29.4 Å². The summed E-state index contributed by atoms with van der Waals surface area (Å²) < 4.78 is 0. The van der Waals surface area contributed by atoms with Crippen molar-refractivity contribution >= 4 is 57.4 Å². The zero-order valence-electron chi connectivity index (χ0n) is 15.7. The van der Waals surface area contributed by atoms with Crippen molar-refractivity contribution in [2.45, 2.75) is 19.8 Å². The van der Waals surface area contributed by atoms with Crippen LogP contribution in [-0.4, -0.2) is 47.2 Å². The topological polar surface area (TPSA) is 91.4 Å². The molecule has 0 radical (unpaired) electrons. The molecule has 3 rings (SSSR count). The monoisotopic (exact) mass is 454 g/mol. The molecule has 29 heavy (non-hydrogen) atoms. The Morgan fingerprint density at radius 1 is 1.24 bits per heavy atom. The van der Waals surface area contributed by atoms with E-state index in [4.69, 9.17) is 23.2 Å². The van der Waals surface area contributed by atoms with Gasteiger partial charge in [-0.1, -0.05) is 23.2 Å². The van der Waals surface area contributed by atoms with Crippen LogP contribution in [0.5, 0.6) is 0 Å². The summed E-state index contributed by atoms with van der Waals surface area (Å²) in [5, 5.41) is 8.54.